The summed E-state index contributed by atoms with van der Waals surface area (Å²) in [5.41, 5.74) is 0.708. The third kappa shape index (κ3) is 1.76. The van der Waals surface area contributed by atoms with Gasteiger partial charge in [-0.05, 0) is 18.1 Å². The molecule has 4 nitrogen and oxygen atoms in total. The maximum Gasteiger partial charge on any atom is 0.417 e. The van der Waals surface area contributed by atoms with E-state index in [9.17, 15) is 18.0 Å². The van der Waals surface area contributed by atoms with E-state index < -0.39 is 11.7 Å². The number of rotatable bonds is 1. The number of hydrogen-bond donors (Lipinski definition) is 1. The minimum Gasteiger partial charge on any atom is -0.349 e. The van der Waals surface area contributed by atoms with Crippen LogP contribution in [0.1, 0.15) is 28.5 Å². The van der Waals surface area contributed by atoms with Gasteiger partial charge in [0.25, 0.3) is 5.91 Å². The Morgan fingerprint density at radius 3 is 2.85 bits per heavy atom. The standard InChI is InChI=1S/C13H12F3N3O/c1-2-8-9-5-7(13(14,15)16)6-18-11(9)19-4-3-17-12(20)10(8)19/h5-6H,2-4H2,1H3,(H,17,20). The number of carbonyl (C=O) groups is 1. The molecule has 1 amide bonds. The van der Waals surface area contributed by atoms with E-state index in [1.165, 1.54) is 0 Å². The summed E-state index contributed by atoms with van der Waals surface area (Å²) in [4.78, 5) is 15.9. The number of carbonyl (C=O) groups excluding carboxylic acids is 1. The van der Waals surface area contributed by atoms with Crippen molar-refractivity contribution in [3.8, 4) is 0 Å². The van der Waals surface area contributed by atoms with E-state index in [4.69, 9.17) is 0 Å². The molecule has 0 spiro atoms. The van der Waals surface area contributed by atoms with Crippen LogP contribution in [-0.2, 0) is 19.1 Å². The summed E-state index contributed by atoms with van der Waals surface area (Å²) in [6.07, 6.45) is -3.13. The second kappa shape index (κ2) is 4.22. The fourth-order valence-corrected chi connectivity index (χ4v) is 2.65. The molecule has 0 aliphatic carbocycles. The van der Waals surface area contributed by atoms with E-state index in [1.54, 1.807) is 4.57 Å². The predicted molar refractivity (Wildman–Crippen MR) is 66.4 cm³/mol. The van der Waals surface area contributed by atoms with Crippen molar-refractivity contribution in [3.63, 3.8) is 0 Å². The number of nitrogens with one attached hydrogen (secondary N) is 1. The third-order valence-corrected chi connectivity index (χ3v) is 3.52. The first-order valence-corrected chi connectivity index (χ1v) is 6.30. The Morgan fingerprint density at radius 2 is 2.20 bits per heavy atom. The Kier molecular flexibility index (Phi) is 2.74. The van der Waals surface area contributed by atoms with Gasteiger partial charge in [-0.3, -0.25) is 4.79 Å². The minimum absolute atomic E-state index is 0.250. The molecule has 0 unspecified atom stereocenters. The molecule has 1 N–H and O–H groups in total. The van der Waals surface area contributed by atoms with Crippen molar-refractivity contribution in [2.75, 3.05) is 6.54 Å². The first-order chi connectivity index (χ1) is 9.43. The molecule has 0 aromatic carbocycles. The Balaban J connectivity index is 2.33. The summed E-state index contributed by atoms with van der Waals surface area (Å²) in [5, 5.41) is 3.12. The quantitative estimate of drug-likeness (QED) is 0.873. The van der Waals surface area contributed by atoms with Crippen LogP contribution in [0.25, 0.3) is 11.0 Å². The molecular formula is C13H12F3N3O. The fraction of sp³-hybridized carbons (Fsp3) is 0.385. The van der Waals surface area contributed by atoms with Crippen LogP contribution in [0, 0.1) is 0 Å². The van der Waals surface area contributed by atoms with E-state index in [0.717, 1.165) is 12.3 Å². The van der Waals surface area contributed by atoms with E-state index in [0.29, 0.717) is 41.8 Å². The molecule has 20 heavy (non-hydrogen) atoms. The van der Waals surface area contributed by atoms with Crippen LogP contribution in [0.3, 0.4) is 0 Å². The molecular weight excluding hydrogens is 271 g/mol. The van der Waals surface area contributed by atoms with Crippen molar-refractivity contribution in [2.24, 2.45) is 0 Å². The van der Waals surface area contributed by atoms with Crippen molar-refractivity contribution in [1.29, 1.82) is 0 Å². The first kappa shape index (κ1) is 13.0. The van der Waals surface area contributed by atoms with Gasteiger partial charge in [-0.15, -0.1) is 0 Å². The number of hydrogen-bond acceptors (Lipinski definition) is 2. The van der Waals surface area contributed by atoms with Crippen LogP contribution >= 0.6 is 0 Å². The van der Waals surface area contributed by atoms with Crippen LogP contribution in [0.4, 0.5) is 13.2 Å². The number of aryl methyl sites for hydroxylation is 1. The average Bonchev–Trinajstić information content (AvgIpc) is 2.72. The van der Waals surface area contributed by atoms with Crippen molar-refractivity contribution in [2.45, 2.75) is 26.1 Å². The largest absolute Gasteiger partial charge is 0.417 e. The molecule has 7 heteroatoms. The zero-order valence-electron chi connectivity index (χ0n) is 10.7. The van der Waals surface area contributed by atoms with Crippen molar-refractivity contribution >= 4 is 16.9 Å². The fourth-order valence-electron chi connectivity index (χ4n) is 2.65. The highest BCUT2D eigenvalue weighted by Crippen LogP contribution is 2.33. The molecule has 0 saturated carbocycles. The van der Waals surface area contributed by atoms with E-state index >= 15 is 0 Å². The summed E-state index contributed by atoms with van der Waals surface area (Å²) < 4.78 is 40.1. The maximum absolute atomic E-state index is 12.8. The lowest BCUT2D eigenvalue weighted by Gasteiger charge is -2.17. The van der Waals surface area contributed by atoms with E-state index in [-0.39, 0.29) is 5.91 Å². The highest BCUT2D eigenvalue weighted by atomic mass is 19.4. The normalized spacial score (nSPS) is 15.3. The second-order valence-electron chi connectivity index (χ2n) is 4.68. The van der Waals surface area contributed by atoms with Crippen LogP contribution in [0.15, 0.2) is 12.3 Å². The molecule has 0 saturated heterocycles. The number of fused-ring (bicyclic) bond motifs is 3. The molecule has 3 heterocycles. The summed E-state index contributed by atoms with van der Waals surface area (Å²) >= 11 is 0. The molecule has 2 aromatic rings. The maximum atomic E-state index is 12.8. The highest BCUT2D eigenvalue weighted by Gasteiger charge is 2.33. The van der Waals surface area contributed by atoms with E-state index in [1.807, 2.05) is 6.92 Å². The van der Waals surface area contributed by atoms with Crippen LogP contribution in [0.5, 0.6) is 0 Å². The van der Waals surface area contributed by atoms with Crippen molar-refractivity contribution < 1.29 is 18.0 Å². The zero-order valence-corrected chi connectivity index (χ0v) is 10.7. The number of pyridine rings is 1. The molecule has 106 valence electrons. The van der Waals surface area contributed by atoms with E-state index in [2.05, 4.69) is 10.3 Å². The van der Waals surface area contributed by atoms with Gasteiger partial charge >= 0.3 is 6.18 Å². The molecule has 1 aliphatic rings. The molecule has 0 fully saturated rings. The van der Waals surface area contributed by atoms with Gasteiger partial charge in [0.1, 0.15) is 11.3 Å². The Labute approximate surface area is 112 Å². The number of nitrogens with zero attached hydrogens (tertiary/aromatic N) is 2. The number of aromatic nitrogens is 2. The number of halogens is 3. The van der Waals surface area contributed by atoms with Gasteiger partial charge < -0.3 is 9.88 Å². The number of amides is 1. The van der Waals surface area contributed by atoms with Gasteiger partial charge in [-0.25, -0.2) is 4.98 Å². The smallest absolute Gasteiger partial charge is 0.349 e. The Hall–Kier alpha value is -2.05. The lowest BCUT2D eigenvalue weighted by molar-refractivity contribution is -0.137. The molecule has 0 bridgehead atoms. The van der Waals surface area contributed by atoms with Gasteiger partial charge in [-0.2, -0.15) is 13.2 Å². The molecule has 3 rings (SSSR count). The Morgan fingerprint density at radius 1 is 1.45 bits per heavy atom. The third-order valence-electron chi connectivity index (χ3n) is 3.52. The minimum atomic E-state index is -4.43. The number of alkyl halides is 3. The molecule has 2 aromatic heterocycles. The van der Waals surface area contributed by atoms with Crippen LogP contribution in [0.2, 0.25) is 0 Å². The van der Waals surface area contributed by atoms with Crippen molar-refractivity contribution in [3.05, 3.63) is 29.1 Å². The van der Waals surface area contributed by atoms with Gasteiger partial charge in [0.05, 0.1) is 5.56 Å². The summed E-state index contributed by atoms with van der Waals surface area (Å²) in [6, 6.07) is 1.08. The van der Waals surface area contributed by atoms with Crippen LogP contribution < -0.4 is 5.32 Å². The monoisotopic (exact) mass is 283 g/mol. The van der Waals surface area contributed by atoms with Gasteiger partial charge in [-0.1, -0.05) is 6.92 Å². The highest BCUT2D eigenvalue weighted by molar-refractivity contribution is 6.01. The topological polar surface area (TPSA) is 46.9 Å². The van der Waals surface area contributed by atoms with Crippen LogP contribution in [-0.4, -0.2) is 22.0 Å². The second-order valence-corrected chi connectivity index (χ2v) is 4.68. The van der Waals surface area contributed by atoms with Gasteiger partial charge in [0.15, 0.2) is 0 Å². The van der Waals surface area contributed by atoms with Gasteiger partial charge in [0, 0.05) is 24.7 Å². The Bertz CT molecular complexity index is 703. The summed E-state index contributed by atoms with van der Waals surface area (Å²) in [6.45, 7) is 2.80. The predicted octanol–water partition coefficient (Wildman–Crippen LogP) is 2.36. The molecule has 0 atom stereocenters. The summed E-state index contributed by atoms with van der Waals surface area (Å²) in [7, 11) is 0. The first-order valence-electron chi connectivity index (χ1n) is 6.30. The average molecular weight is 283 g/mol. The van der Waals surface area contributed by atoms with Gasteiger partial charge in [0.2, 0.25) is 0 Å². The zero-order chi connectivity index (χ0) is 14.5. The summed E-state index contributed by atoms with van der Waals surface area (Å²) in [5.74, 6) is -0.250. The van der Waals surface area contributed by atoms with Crippen molar-refractivity contribution in [1.82, 2.24) is 14.9 Å². The lowest BCUT2D eigenvalue weighted by atomic mass is 10.1. The molecule has 1 aliphatic heterocycles. The SMILES string of the molecule is CCc1c2n(c3ncc(C(F)(F)F)cc13)CCNC2=O. The lowest BCUT2D eigenvalue weighted by Crippen LogP contribution is -2.35. The molecule has 0 radical (unpaired) electrons.